The number of hydrogen-bond acceptors (Lipinski definition) is 3. The average molecular weight is 286 g/mol. The first-order valence-electron chi connectivity index (χ1n) is 7.07. The molecule has 0 unspecified atom stereocenters. The maximum Gasteiger partial charge on any atom is 0.161 e. The number of benzene rings is 2. The largest absolute Gasteiger partial charge is 0.493 e. The summed E-state index contributed by atoms with van der Waals surface area (Å²) in [6.07, 6.45) is 0. The first kappa shape index (κ1) is 15.2. The van der Waals surface area contributed by atoms with Gasteiger partial charge in [-0.05, 0) is 61.7 Å². The molecule has 0 atom stereocenters. The number of rotatable bonds is 6. The molecule has 2 aromatic carbocycles. The Bertz CT molecular complexity index is 585. The molecular weight excluding hydrogens is 264 g/mol. The molecule has 0 fully saturated rings. The van der Waals surface area contributed by atoms with Gasteiger partial charge in [0.15, 0.2) is 11.5 Å². The third kappa shape index (κ3) is 4.42. The highest BCUT2D eigenvalue weighted by Gasteiger charge is 2.04. The molecule has 0 saturated carbocycles. The lowest BCUT2D eigenvalue weighted by atomic mass is 10.1. The van der Waals surface area contributed by atoms with E-state index in [0.717, 1.165) is 22.8 Å². The second-order valence-electron chi connectivity index (χ2n) is 5.17. The van der Waals surface area contributed by atoms with Crippen molar-refractivity contribution in [2.75, 3.05) is 20.3 Å². The Balaban J connectivity index is 1.87. The zero-order valence-electron chi connectivity index (χ0n) is 13.1. The third-order valence-electron chi connectivity index (χ3n) is 3.12. The van der Waals surface area contributed by atoms with Crippen molar-refractivity contribution in [3.8, 4) is 17.2 Å². The number of methoxy groups -OCH3 is 1. The zero-order valence-corrected chi connectivity index (χ0v) is 13.1. The molecule has 21 heavy (non-hydrogen) atoms. The summed E-state index contributed by atoms with van der Waals surface area (Å²) in [4.78, 5) is 0. The van der Waals surface area contributed by atoms with Crippen molar-refractivity contribution >= 4 is 0 Å². The molecule has 0 N–H and O–H groups in total. The summed E-state index contributed by atoms with van der Waals surface area (Å²) in [5.41, 5.74) is 3.54. The van der Waals surface area contributed by atoms with E-state index in [0.29, 0.717) is 13.2 Å². The monoisotopic (exact) mass is 286 g/mol. The number of aryl methyl sites for hydroxylation is 3. The van der Waals surface area contributed by atoms with Gasteiger partial charge < -0.3 is 14.2 Å². The van der Waals surface area contributed by atoms with Crippen molar-refractivity contribution in [1.29, 1.82) is 0 Å². The Hall–Kier alpha value is -2.16. The molecule has 0 heterocycles. The first-order valence-corrected chi connectivity index (χ1v) is 7.07. The van der Waals surface area contributed by atoms with Crippen LogP contribution >= 0.6 is 0 Å². The van der Waals surface area contributed by atoms with Gasteiger partial charge in [-0.1, -0.05) is 12.1 Å². The smallest absolute Gasteiger partial charge is 0.161 e. The molecule has 0 amide bonds. The van der Waals surface area contributed by atoms with E-state index in [1.165, 1.54) is 11.1 Å². The SMILES string of the molecule is COc1cc(C)ccc1OCCOc1cc(C)cc(C)c1. The molecule has 0 spiro atoms. The van der Waals surface area contributed by atoms with Gasteiger partial charge in [-0.3, -0.25) is 0 Å². The van der Waals surface area contributed by atoms with Crippen LogP contribution in [0.4, 0.5) is 0 Å². The van der Waals surface area contributed by atoms with Gasteiger partial charge in [-0.2, -0.15) is 0 Å². The summed E-state index contributed by atoms with van der Waals surface area (Å²) < 4.78 is 16.7. The molecular formula is C18H22O3. The maximum atomic E-state index is 5.72. The highest BCUT2D eigenvalue weighted by Crippen LogP contribution is 2.27. The molecule has 3 heteroatoms. The molecule has 2 aromatic rings. The molecule has 0 radical (unpaired) electrons. The summed E-state index contributed by atoms with van der Waals surface area (Å²) in [6, 6.07) is 12.1. The van der Waals surface area contributed by atoms with Crippen LogP contribution in [0, 0.1) is 20.8 Å². The molecule has 112 valence electrons. The van der Waals surface area contributed by atoms with Crippen molar-refractivity contribution < 1.29 is 14.2 Å². The molecule has 0 bridgehead atoms. The van der Waals surface area contributed by atoms with E-state index >= 15 is 0 Å². The lowest BCUT2D eigenvalue weighted by Gasteiger charge is -2.12. The minimum absolute atomic E-state index is 0.479. The number of hydrogen-bond donors (Lipinski definition) is 0. The fourth-order valence-corrected chi connectivity index (χ4v) is 2.22. The highest BCUT2D eigenvalue weighted by atomic mass is 16.5. The van der Waals surface area contributed by atoms with Crippen LogP contribution in [0.3, 0.4) is 0 Å². The van der Waals surface area contributed by atoms with Crippen LogP contribution < -0.4 is 14.2 Å². The van der Waals surface area contributed by atoms with Gasteiger partial charge in [0.05, 0.1) is 7.11 Å². The molecule has 0 aliphatic carbocycles. The van der Waals surface area contributed by atoms with Crippen molar-refractivity contribution in [3.05, 3.63) is 53.1 Å². The predicted octanol–water partition coefficient (Wildman–Crippen LogP) is 4.08. The third-order valence-corrected chi connectivity index (χ3v) is 3.12. The highest BCUT2D eigenvalue weighted by molar-refractivity contribution is 5.42. The van der Waals surface area contributed by atoms with Crippen LogP contribution in [0.1, 0.15) is 16.7 Å². The lowest BCUT2D eigenvalue weighted by molar-refractivity contribution is 0.211. The van der Waals surface area contributed by atoms with Crippen molar-refractivity contribution in [1.82, 2.24) is 0 Å². The van der Waals surface area contributed by atoms with Crippen molar-refractivity contribution in [2.45, 2.75) is 20.8 Å². The average Bonchev–Trinajstić information content (AvgIpc) is 2.43. The van der Waals surface area contributed by atoms with E-state index < -0.39 is 0 Å². The fourth-order valence-electron chi connectivity index (χ4n) is 2.22. The van der Waals surface area contributed by atoms with Gasteiger partial charge in [-0.15, -0.1) is 0 Å². The van der Waals surface area contributed by atoms with Gasteiger partial charge in [0.25, 0.3) is 0 Å². The van der Waals surface area contributed by atoms with Crippen molar-refractivity contribution in [2.24, 2.45) is 0 Å². The first-order chi connectivity index (χ1) is 10.1. The second-order valence-corrected chi connectivity index (χ2v) is 5.17. The van der Waals surface area contributed by atoms with E-state index in [-0.39, 0.29) is 0 Å². The van der Waals surface area contributed by atoms with E-state index in [9.17, 15) is 0 Å². The normalized spacial score (nSPS) is 10.3. The van der Waals surface area contributed by atoms with Crippen LogP contribution in [0.5, 0.6) is 17.2 Å². The predicted molar refractivity (Wildman–Crippen MR) is 84.6 cm³/mol. The van der Waals surface area contributed by atoms with Gasteiger partial charge in [0, 0.05) is 0 Å². The Morgan fingerprint density at radius 2 is 1.38 bits per heavy atom. The van der Waals surface area contributed by atoms with Gasteiger partial charge >= 0.3 is 0 Å². The van der Waals surface area contributed by atoms with Crippen LogP contribution in [0.2, 0.25) is 0 Å². The van der Waals surface area contributed by atoms with E-state index in [1.807, 2.05) is 37.3 Å². The molecule has 3 nitrogen and oxygen atoms in total. The summed E-state index contributed by atoms with van der Waals surface area (Å²) in [5.74, 6) is 2.38. The van der Waals surface area contributed by atoms with Gasteiger partial charge in [-0.25, -0.2) is 0 Å². The summed E-state index contributed by atoms with van der Waals surface area (Å²) in [6.45, 7) is 7.13. The summed E-state index contributed by atoms with van der Waals surface area (Å²) in [7, 11) is 1.65. The molecule has 0 aliphatic rings. The zero-order chi connectivity index (χ0) is 15.2. The summed E-state index contributed by atoms with van der Waals surface area (Å²) >= 11 is 0. The molecule has 0 aromatic heterocycles. The van der Waals surface area contributed by atoms with E-state index in [4.69, 9.17) is 14.2 Å². The minimum atomic E-state index is 0.479. The van der Waals surface area contributed by atoms with Crippen LogP contribution in [0.25, 0.3) is 0 Å². The molecule has 0 saturated heterocycles. The van der Waals surface area contributed by atoms with E-state index in [2.05, 4.69) is 19.9 Å². The van der Waals surface area contributed by atoms with Gasteiger partial charge in [0.1, 0.15) is 19.0 Å². The lowest BCUT2D eigenvalue weighted by Crippen LogP contribution is -2.09. The Morgan fingerprint density at radius 1 is 0.714 bits per heavy atom. The maximum absolute atomic E-state index is 5.72. The Morgan fingerprint density at radius 3 is 2.05 bits per heavy atom. The fraction of sp³-hybridized carbons (Fsp3) is 0.333. The second kappa shape index (κ2) is 7.02. The standard InChI is InChI=1S/C18H22O3/c1-13-5-6-17(18(12-13)19-4)21-8-7-20-16-10-14(2)9-15(3)11-16/h5-6,9-12H,7-8H2,1-4H3. The van der Waals surface area contributed by atoms with Crippen LogP contribution in [-0.2, 0) is 0 Å². The van der Waals surface area contributed by atoms with Crippen LogP contribution in [-0.4, -0.2) is 20.3 Å². The Kier molecular flexibility index (Phi) is 5.09. The molecule has 0 aliphatic heterocycles. The number of ether oxygens (including phenoxy) is 3. The topological polar surface area (TPSA) is 27.7 Å². The van der Waals surface area contributed by atoms with E-state index in [1.54, 1.807) is 7.11 Å². The van der Waals surface area contributed by atoms with Crippen molar-refractivity contribution in [3.63, 3.8) is 0 Å². The molecule has 2 rings (SSSR count). The van der Waals surface area contributed by atoms with Gasteiger partial charge in [0.2, 0.25) is 0 Å². The minimum Gasteiger partial charge on any atom is -0.493 e. The Labute approximate surface area is 126 Å². The quantitative estimate of drug-likeness (QED) is 0.749. The summed E-state index contributed by atoms with van der Waals surface area (Å²) in [5, 5.41) is 0. The van der Waals surface area contributed by atoms with Crippen LogP contribution in [0.15, 0.2) is 36.4 Å².